The van der Waals surface area contributed by atoms with Crippen molar-refractivity contribution in [2.75, 3.05) is 31.1 Å². The lowest BCUT2D eigenvalue weighted by atomic mass is 9.87. The first-order valence-electron chi connectivity index (χ1n) is 9.67. The quantitative estimate of drug-likeness (QED) is 0.796. The zero-order valence-electron chi connectivity index (χ0n) is 16.8. The number of rotatable bonds is 4. The zero-order valence-corrected chi connectivity index (χ0v) is 17.6. The third-order valence-electron chi connectivity index (χ3n) is 5.31. The average Bonchev–Trinajstić information content (AvgIpc) is 2.67. The molecule has 1 aliphatic heterocycles. The van der Waals surface area contributed by atoms with E-state index in [4.69, 9.17) is 0 Å². The number of anilines is 1. The van der Waals surface area contributed by atoms with E-state index in [1.54, 1.807) is 16.4 Å². The average molecular weight is 387 g/mol. The van der Waals surface area contributed by atoms with Gasteiger partial charge >= 0.3 is 0 Å². The van der Waals surface area contributed by atoms with Crippen LogP contribution in [0.2, 0.25) is 0 Å². The highest BCUT2D eigenvalue weighted by Gasteiger charge is 2.29. The third-order valence-corrected chi connectivity index (χ3v) is 7.22. The smallest absolute Gasteiger partial charge is 0.243 e. The first kappa shape index (κ1) is 19.9. The molecule has 3 rings (SSSR count). The van der Waals surface area contributed by atoms with Crippen molar-refractivity contribution < 1.29 is 8.42 Å². The van der Waals surface area contributed by atoms with Gasteiger partial charge in [0.2, 0.25) is 10.0 Å². The molecule has 0 unspecified atom stereocenters. The maximum atomic E-state index is 13.0. The molecule has 0 atom stereocenters. The Hall–Kier alpha value is -1.85. The number of piperazine rings is 1. The first-order chi connectivity index (χ1) is 12.7. The van der Waals surface area contributed by atoms with Crippen molar-refractivity contribution in [3.8, 4) is 0 Å². The summed E-state index contributed by atoms with van der Waals surface area (Å²) in [5, 5.41) is 0. The van der Waals surface area contributed by atoms with E-state index >= 15 is 0 Å². The van der Waals surface area contributed by atoms with Gasteiger partial charge in [-0.2, -0.15) is 4.31 Å². The normalized spacial score (nSPS) is 16.5. The van der Waals surface area contributed by atoms with Crippen molar-refractivity contribution in [2.45, 2.75) is 44.4 Å². The van der Waals surface area contributed by atoms with Crippen molar-refractivity contribution in [3.05, 3.63) is 59.7 Å². The summed E-state index contributed by atoms with van der Waals surface area (Å²) in [6.45, 7) is 11.0. The minimum Gasteiger partial charge on any atom is -0.369 e. The zero-order chi connectivity index (χ0) is 19.7. The standard InChI is InChI=1S/C22H30N2O2S/c1-5-18-8-6-7-9-21(18)23-14-16-24(17-15-23)27(25,26)20-12-10-19(11-13-20)22(2,3)4/h6-13H,5,14-17H2,1-4H3. The highest BCUT2D eigenvalue weighted by atomic mass is 32.2. The number of hydrogen-bond acceptors (Lipinski definition) is 3. The molecule has 1 heterocycles. The molecule has 5 heteroatoms. The Morgan fingerprint density at radius 2 is 1.48 bits per heavy atom. The molecular weight excluding hydrogens is 356 g/mol. The Kier molecular flexibility index (Phi) is 5.63. The van der Waals surface area contributed by atoms with Gasteiger partial charge in [-0.15, -0.1) is 0 Å². The summed E-state index contributed by atoms with van der Waals surface area (Å²) in [6, 6.07) is 15.7. The summed E-state index contributed by atoms with van der Waals surface area (Å²) < 4.78 is 27.7. The van der Waals surface area contributed by atoms with E-state index in [2.05, 4.69) is 50.8 Å². The Bertz CT molecular complexity index is 875. The van der Waals surface area contributed by atoms with Crippen LogP contribution in [0.5, 0.6) is 0 Å². The van der Waals surface area contributed by atoms with Crippen LogP contribution in [-0.4, -0.2) is 38.9 Å². The lowest BCUT2D eigenvalue weighted by Gasteiger charge is -2.36. The summed E-state index contributed by atoms with van der Waals surface area (Å²) in [7, 11) is -3.44. The Labute approximate surface area is 163 Å². The molecule has 4 nitrogen and oxygen atoms in total. The van der Waals surface area contributed by atoms with Crippen molar-refractivity contribution in [2.24, 2.45) is 0 Å². The fourth-order valence-corrected chi connectivity index (χ4v) is 4.99. The Balaban J connectivity index is 1.73. The van der Waals surface area contributed by atoms with Gasteiger partial charge in [0.25, 0.3) is 0 Å². The molecule has 0 bridgehead atoms. The lowest BCUT2D eigenvalue weighted by molar-refractivity contribution is 0.384. The van der Waals surface area contributed by atoms with E-state index in [-0.39, 0.29) is 5.41 Å². The monoisotopic (exact) mass is 386 g/mol. The van der Waals surface area contributed by atoms with Crippen LogP contribution in [-0.2, 0) is 21.9 Å². The van der Waals surface area contributed by atoms with E-state index in [0.29, 0.717) is 18.0 Å². The summed E-state index contributed by atoms with van der Waals surface area (Å²) >= 11 is 0. The van der Waals surface area contributed by atoms with E-state index in [1.165, 1.54) is 11.3 Å². The fourth-order valence-electron chi connectivity index (χ4n) is 3.56. The summed E-state index contributed by atoms with van der Waals surface area (Å²) in [4.78, 5) is 2.69. The molecule has 0 radical (unpaired) electrons. The molecule has 0 aliphatic carbocycles. The van der Waals surface area contributed by atoms with Gasteiger partial charge in [0.1, 0.15) is 0 Å². The van der Waals surface area contributed by atoms with Gasteiger partial charge in [-0.25, -0.2) is 8.42 Å². The van der Waals surface area contributed by atoms with Gasteiger partial charge < -0.3 is 4.90 Å². The molecular formula is C22H30N2O2S. The number of sulfonamides is 1. The number of para-hydroxylation sites is 1. The number of aryl methyl sites for hydroxylation is 1. The van der Waals surface area contributed by atoms with Crippen LogP contribution >= 0.6 is 0 Å². The SMILES string of the molecule is CCc1ccccc1N1CCN(S(=O)(=O)c2ccc(C(C)(C)C)cc2)CC1. The van der Waals surface area contributed by atoms with E-state index in [9.17, 15) is 8.42 Å². The molecule has 1 fully saturated rings. The fraction of sp³-hybridized carbons (Fsp3) is 0.455. The van der Waals surface area contributed by atoms with Gasteiger partial charge in [0, 0.05) is 31.9 Å². The van der Waals surface area contributed by atoms with E-state index in [1.807, 2.05) is 18.2 Å². The topological polar surface area (TPSA) is 40.6 Å². The maximum Gasteiger partial charge on any atom is 0.243 e. The van der Waals surface area contributed by atoms with Gasteiger partial charge in [0.05, 0.1) is 4.90 Å². The second-order valence-corrected chi connectivity index (χ2v) is 10.1. The van der Waals surface area contributed by atoms with Gasteiger partial charge in [-0.1, -0.05) is 58.0 Å². The van der Waals surface area contributed by atoms with E-state index in [0.717, 1.165) is 25.1 Å². The van der Waals surface area contributed by atoms with Gasteiger partial charge in [-0.05, 0) is 41.2 Å². The van der Waals surface area contributed by atoms with Crippen LogP contribution < -0.4 is 4.90 Å². The highest BCUT2D eigenvalue weighted by molar-refractivity contribution is 7.89. The number of hydrogen-bond donors (Lipinski definition) is 0. The van der Waals surface area contributed by atoms with E-state index < -0.39 is 10.0 Å². The summed E-state index contributed by atoms with van der Waals surface area (Å²) in [5.74, 6) is 0. The molecule has 1 aliphatic rings. The van der Waals surface area contributed by atoms with Crippen molar-refractivity contribution in [3.63, 3.8) is 0 Å². The van der Waals surface area contributed by atoms with Crippen molar-refractivity contribution >= 4 is 15.7 Å². The van der Waals surface area contributed by atoms with Crippen LogP contribution in [0, 0.1) is 0 Å². The molecule has 27 heavy (non-hydrogen) atoms. The minimum atomic E-state index is -3.44. The van der Waals surface area contributed by atoms with Crippen molar-refractivity contribution in [1.29, 1.82) is 0 Å². The first-order valence-corrected chi connectivity index (χ1v) is 11.1. The predicted molar refractivity (Wildman–Crippen MR) is 112 cm³/mol. The molecule has 0 spiro atoms. The van der Waals surface area contributed by atoms with Gasteiger partial charge in [0.15, 0.2) is 0 Å². The van der Waals surface area contributed by atoms with Crippen LogP contribution in [0.15, 0.2) is 53.4 Å². The maximum absolute atomic E-state index is 13.0. The number of benzene rings is 2. The third kappa shape index (κ3) is 4.19. The largest absolute Gasteiger partial charge is 0.369 e. The van der Waals surface area contributed by atoms with Gasteiger partial charge in [-0.3, -0.25) is 0 Å². The van der Waals surface area contributed by atoms with Crippen LogP contribution in [0.3, 0.4) is 0 Å². The molecule has 0 amide bonds. The van der Waals surface area contributed by atoms with Crippen molar-refractivity contribution in [1.82, 2.24) is 4.31 Å². The summed E-state index contributed by atoms with van der Waals surface area (Å²) in [5.41, 5.74) is 3.70. The Morgan fingerprint density at radius 3 is 2.04 bits per heavy atom. The van der Waals surface area contributed by atoms with Crippen LogP contribution in [0.4, 0.5) is 5.69 Å². The highest BCUT2D eigenvalue weighted by Crippen LogP contribution is 2.27. The summed E-state index contributed by atoms with van der Waals surface area (Å²) in [6.07, 6.45) is 0.981. The Morgan fingerprint density at radius 1 is 0.889 bits per heavy atom. The molecule has 2 aromatic rings. The molecule has 146 valence electrons. The second-order valence-electron chi connectivity index (χ2n) is 8.15. The number of nitrogens with zero attached hydrogens (tertiary/aromatic N) is 2. The molecule has 0 saturated carbocycles. The molecule has 0 aromatic heterocycles. The minimum absolute atomic E-state index is 0.0145. The molecule has 2 aromatic carbocycles. The molecule has 0 N–H and O–H groups in total. The molecule has 1 saturated heterocycles. The lowest BCUT2D eigenvalue weighted by Crippen LogP contribution is -2.48. The second kappa shape index (κ2) is 7.64. The predicted octanol–water partition coefficient (Wildman–Crippen LogP) is 4.06. The van der Waals surface area contributed by atoms with Crippen LogP contribution in [0.1, 0.15) is 38.8 Å². The van der Waals surface area contributed by atoms with Crippen LogP contribution in [0.25, 0.3) is 0 Å².